The first-order chi connectivity index (χ1) is 11.5. The monoisotopic (exact) mass is 363 g/mol. The number of hydrogen-bond acceptors (Lipinski definition) is 6. The van der Waals surface area contributed by atoms with Gasteiger partial charge in [0.2, 0.25) is 10.0 Å². The highest BCUT2D eigenvalue weighted by Gasteiger charge is 2.40. The van der Waals surface area contributed by atoms with Crippen LogP contribution in [0.15, 0.2) is 33.7 Å². The van der Waals surface area contributed by atoms with Gasteiger partial charge in [-0.15, -0.1) is 11.3 Å². The predicted octanol–water partition coefficient (Wildman–Crippen LogP) is 3.43. The summed E-state index contributed by atoms with van der Waals surface area (Å²) in [5.41, 5.74) is 1.32. The molecule has 126 valence electrons. The maximum atomic E-state index is 13.1. The summed E-state index contributed by atoms with van der Waals surface area (Å²) >= 11 is 1.56. The van der Waals surface area contributed by atoms with Gasteiger partial charge in [-0.2, -0.15) is 4.31 Å². The summed E-state index contributed by atoms with van der Waals surface area (Å²) in [7, 11) is -3.65. The van der Waals surface area contributed by atoms with Crippen molar-refractivity contribution in [2.75, 3.05) is 6.54 Å². The molecule has 1 aliphatic heterocycles. The first kappa shape index (κ1) is 15.7. The second-order valence-corrected chi connectivity index (χ2v) is 8.84. The zero-order valence-electron chi connectivity index (χ0n) is 13.4. The number of sulfonamides is 1. The Hall–Kier alpha value is -1.77. The van der Waals surface area contributed by atoms with Gasteiger partial charge in [0.05, 0.1) is 16.3 Å². The fraction of sp³-hybridized carbons (Fsp3) is 0.375. The number of rotatable bonds is 3. The van der Waals surface area contributed by atoms with Crippen molar-refractivity contribution >= 4 is 31.6 Å². The molecule has 8 heteroatoms. The molecule has 0 bridgehead atoms. The number of fused-ring (bicyclic) bond motifs is 1. The molecule has 1 saturated heterocycles. The second-order valence-electron chi connectivity index (χ2n) is 5.95. The molecular weight excluding hydrogens is 346 g/mol. The number of thiazole rings is 1. The van der Waals surface area contributed by atoms with Crippen LogP contribution >= 0.6 is 11.3 Å². The molecule has 2 aromatic heterocycles. The van der Waals surface area contributed by atoms with E-state index in [1.54, 1.807) is 29.5 Å². The van der Waals surface area contributed by atoms with E-state index >= 15 is 0 Å². The maximum absolute atomic E-state index is 13.1. The Morgan fingerprint density at radius 2 is 2.08 bits per heavy atom. The van der Waals surface area contributed by atoms with E-state index in [2.05, 4.69) is 10.1 Å². The summed E-state index contributed by atoms with van der Waals surface area (Å²) in [5, 5.41) is 4.64. The molecule has 0 radical (unpaired) electrons. The molecule has 0 amide bonds. The lowest BCUT2D eigenvalue weighted by Gasteiger charge is -2.22. The molecule has 1 atom stereocenters. The predicted molar refractivity (Wildman–Crippen MR) is 91.5 cm³/mol. The van der Waals surface area contributed by atoms with Gasteiger partial charge in [0, 0.05) is 6.54 Å². The summed E-state index contributed by atoms with van der Waals surface area (Å²) in [6, 6.07) is 7.66. The standard InChI is InChI=1S/C16H17N3O3S2/c1-10-15(11(2)22-18-10)24(20,21)19-9-5-7-13(19)16-17-12-6-3-4-8-14(12)23-16/h3-4,6,8,13H,5,7,9H2,1-2H3. The number of aromatic nitrogens is 2. The number of hydrogen-bond donors (Lipinski definition) is 0. The minimum Gasteiger partial charge on any atom is -0.360 e. The van der Waals surface area contributed by atoms with Crippen LogP contribution in [0.3, 0.4) is 0 Å². The second kappa shape index (κ2) is 5.65. The molecule has 6 nitrogen and oxygen atoms in total. The highest BCUT2D eigenvalue weighted by molar-refractivity contribution is 7.89. The van der Waals surface area contributed by atoms with Crippen LogP contribution in [0.4, 0.5) is 0 Å². The third-order valence-electron chi connectivity index (χ3n) is 4.33. The first-order valence-corrected chi connectivity index (χ1v) is 10.0. The van der Waals surface area contributed by atoms with Gasteiger partial charge >= 0.3 is 0 Å². The van der Waals surface area contributed by atoms with Crippen LogP contribution in [-0.4, -0.2) is 29.4 Å². The summed E-state index contributed by atoms with van der Waals surface area (Å²) in [5.74, 6) is 0.336. The molecule has 3 aromatic rings. The molecule has 1 aromatic carbocycles. The molecule has 0 saturated carbocycles. The van der Waals surface area contributed by atoms with E-state index in [0.29, 0.717) is 18.0 Å². The fourth-order valence-electron chi connectivity index (χ4n) is 3.27. The molecule has 3 heterocycles. The Labute approximate surface area is 144 Å². The molecule has 0 spiro atoms. The third-order valence-corrected chi connectivity index (χ3v) is 7.62. The normalized spacial score (nSPS) is 19.3. The van der Waals surface area contributed by atoms with E-state index in [-0.39, 0.29) is 10.9 Å². The number of aryl methyl sites for hydroxylation is 2. The van der Waals surface area contributed by atoms with Crippen molar-refractivity contribution in [3.8, 4) is 0 Å². The third kappa shape index (κ3) is 2.37. The minimum atomic E-state index is -3.65. The van der Waals surface area contributed by atoms with Gasteiger partial charge in [0.1, 0.15) is 15.6 Å². The average Bonchev–Trinajstić information content (AvgIpc) is 3.24. The lowest BCUT2D eigenvalue weighted by Crippen LogP contribution is -2.31. The van der Waals surface area contributed by atoms with Gasteiger partial charge in [-0.3, -0.25) is 0 Å². The maximum Gasteiger partial charge on any atom is 0.249 e. The van der Waals surface area contributed by atoms with Crippen LogP contribution in [-0.2, 0) is 10.0 Å². The van der Waals surface area contributed by atoms with Gasteiger partial charge in [0.15, 0.2) is 5.76 Å². The number of para-hydroxylation sites is 1. The van der Waals surface area contributed by atoms with E-state index in [4.69, 9.17) is 4.52 Å². The molecule has 4 rings (SSSR count). The van der Waals surface area contributed by atoms with Gasteiger partial charge < -0.3 is 4.52 Å². The fourth-order valence-corrected chi connectivity index (χ4v) is 6.40. The van der Waals surface area contributed by atoms with E-state index in [9.17, 15) is 8.42 Å². The smallest absolute Gasteiger partial charge is 0.249 e. The van der Waals surface area contributed by atoms with Crippen LogP contribution in [0.5, 0.6) is 0 Å². The topological polar surface area (TPSA) is 76.3 Å². The molecule has 1 unspecified atom stereocenters. The molecule has 0 aliphatic carbocycles. The van der Waals surface area contributed by atoms with Crippen LogP contribution in [0.1, 0.15) is 35.3 Å². The zero-order chi connectivity index (χ0) is 16.9. The van der Waals surface area contributed by atoms with E-state index in [1.165, 1.54) is 0 Å². The largest absolute Gasteiger partial charge is 0.360 e. The van der Waals surface area contributed by atoms with Gasteiger partial charge in [-0.1, -0.05) is 17.3 Å². The van der Waals surface area contributed by atoms with Crippen molar-refractivity contribution in [2.24, 2.45) is 0 Å². The van der Waals surface area contributed by atoms with Crippen molar-refractivity contribution in [3.05, 3.63) is 40.7 Å². The van der Waals surface area contributed by atoms with E-state index < -0.39 is 10.0 Å². The highest BCUT2D eigenvalue weighted by Crippen LogP contribution is 2.40. The van der Waals surface area contributed by atoms with Crippen molar-refractivity contribution in [2.45, 2.75) is 37.6 Å². The quantitative estimate of drug-likeness (QED) is 0.712. The van der Waals surface area contributed by atoms with Crippen molar-refractivity contribution < 1.29 is 12.9 Å². The minimum absolute atomic E-state index is 0.190. The van der Waals surface area contributed by atoms with E-state index in [1.807, 2.05) is 24.3 Å². The number of nitrogens with zero attached hydrogens (tertiary/aromatic N) is 3. The summed E-state index contributed by atoms with van der Waals surface area (Å²) in [6.07, 6.45) is 1.60. The van der Waals surface area contributed by atoms with Crippen LogP contribution in [0.2, 0.25) is 0 Å². The first-order valence-electron chi connectivity index (χ1n) is 7.78. The molecule has 24 heavy (non-hydrogen) atoms. The van der Waals surface area contributed by atoms with Gasteiger partial charge in [-0.05, 0) is 38.8 Å². The average molecular weight is 363 g/mol. The van der Waals surface area contributed by atoms with Crippen LogP contribution in [0.25, 0.3) is 10.2 Å². The lowest BCUT2D eigenvalue weighted by atomic mass is 10.2. The van der Waals surface area contributed by atoms with Crippen molar-refractivity contribution in [1.82, 2.24) is 14.4 Å². The van der Waals surface area contributed by atoms with Gasteiger partial charge in [0.25, 0.3) is 0 Å². The Bertz CT molecular complexity index is 954. The number of benzene rings is 1. The van der Waals surface area contributed by atoms with Crippen molar-refractivity contribution in [3.63, 3.8) is 0 Å². The molecule has 1 aliphatic rings. The van der Waals surface area contributed by atoms with Crippen molar-refractivity contribution in [1.29, 1.82) is 0 Å². The molecular formula is C16H17N3O3S2. The van der Waals surface area contributed by atoms with Crippen LogP contribution in [0, 0.1) is 13.8 Å². The van der Waals surface area contributed by atoms with Crippen LogP contribution < -0.4 is 0 Å². The lowest BCUT2D eigenvalue weighted by molar-refractivity contribution is 0.383. The summed E-state index contributed by atoms with van der Waals surface area (Å²) < 4.78 is 34.0. The summed E-state index contributed by atoms with van der Waals surface area (Å²) in [4.78, 5) is 4.85. The summed E-state index contributed by atoms with van der Waals surface area (Å²) in [6.45, 7) is 3.79. The Morgan fingerprint density at radius 3 is 2.79 bits per heavy atom. The van der Waals surface area contributed by atoms with E-state index in [0.717, 1.165) is 28.1 Å². The highest BCUT2D eigenvalue weighted by atomic mass is 32.2. The Morgan fingerprint density at radius 1 is 1.29 bits per heavy atom. The molecule has 0 N–H and O–H groups in total. The van der Waals surface area contributed by atoms with Gasteiger partial charge in [-0.25, -0.2) is 13.4 Å². The zero-order valence-corrected chi connectivity index (χ0v) is 15.0. The Kier molecular flexibility index (Phi) is 3.70. The molecule has 1 fully saturated rings. The SMILES string of the molecule is Cc1noc(C)c1S(=O)(=O)N1CCCC1c1nc2ccccc2s1. The Balaban J connectivity index is 1.77.